The third kappa shape index (κ3) is 1.82. The average Bonchev–Trinajstić information content (AvgIpc) is 3.00. The second-order valence-electron chi connectivity index (χ2n) is 4.15. The lowest BCUT2D eigenvalue weighted by Crippen LogP contribution is -2.04. The highest BCUT2D eigenvalue weighted by Gasteiger charge is 2.23. The van der Waals surface area contributed by atoms with E-state index in [1.165, 1.54) is 0 Å². The first-order valence-electron chi connectivity index (χ1n) is 5.61. The van der Waals surface area contributed by atoms with Crippen LogP contribution in [0.15, 0.2) is 48.1 Å². The van der Waals surface area contributed by atoms with Gasteiger partial charge in [-0.2, -0.15) is 0 Å². The summed E-state index contributed by atoms with van der Waals surface area (Å²) in [6.45, 7) is 1.99. The Kier molecular flexibility index (Phi) is 2.40. The van der Waals surface area contributed by atoms with E-state index in [-0.39, 0.29) is 6.10 Å². The molecule has 4 nitrogen and oxygen atoms in total. The third-order valence-corrected chi connectivity index (χ3v) is 2.88. The van der Waals surface area contributed by atoms with Crippen LogP contribution in [0.25, 0.3) is 5.69 Å². The zero-order chi connectivity index (χ0) is 11.7. The summed E-state index contributed by atoms with van der Waals surface area (Å²) >= 11 is 0. The summed E-state index contributed by atoms with van der Waals surface area (Å²) in [4.78, 5) is 9.52. The quantitative estimate of drug-likeness (QED) is 0.791. The number of oxime groups is 1. The van der Waals surface area contributed by atoms with Crippen LogP contribution in [0.3, 0.4) is 0 Å². The van der Waals surface area contributed by atoms with E-state index in [0.717, 1.165) is 23.4 Å². The van der Waals surface area contributed by atoms with Crippen LogP contribution in [0.4, 0.5) is 0 Å². The van der Waals surface area contributed by atoms with Crippen molar-refractivity contribution < 1.29 is 4.84 Å². The van der Waals surface area contributed by atoms with Gasteiger partial charge in [0.1, 0.15) is 0 Å². The van der Waals surface area contributed by atoms with Crippen LogP contribution in [0.1, 0.15) is 25.0 Å². The molecular weight excluding hydrogens is 214 g/mol. The van der Waals surface area contributed by atoms with Crippen molar-refractivity contribution in [3.8, 4) is 5.69 Å². The number of aromatic nitrogens is 2. The Bertz CT molecular complexity index is 546. The molecule has 1 aliphatic heterocycles. The number of rotatable bonds is 2. The van der Waals surface area contributed by atoms with Gasteiger partial charge in [-0.1, -0.05) is 23.4 Å². The zero-order valence-electron chi connectivity index (χ0n) is 9.58. The minimum absolute atomic E-state index is 0.0219. The van der Waals surface area contributed by atoms with Crippen LogP contribution < -0.4 is 0 Å². The van der Waals surface area contributed by atoms with E-state index in [2.05, 4.69) is 22.3 Å². The topological polar surface area (TPSA) is 39.4 Å². The minimum Gasteiger partial charge on any atom is -0.387 e. The molecule has 17 heavy (non-hydrogen) atoms. The van der Waals surface area contributed by atoms with Gasteiger partial charge in [-0.25, -0.2) is 4.98 Å². The highest BCUT2D eigenvalue weighted by atomic mass is 16.6. The van der Waals surface area contributed by atoms with Crippen molar-refractivity contribution in [2.45, 2.75) is 19.4 Å². The SMILES string of the molecule is CC1=NO[C@@H](c2ccccc2-n2ccnc2)C1. The van der Waals surface area contributed by atoms with Gasteiger partial charge < -0.3 is 9.40 Å². The second-order valence-corrected chi connectivity index (χ2v) is 4.15. The van der Waals surface area contributed by atoms with E-state index in [4.69, 9.17) is 4.84 Å². The largest absolute Gasteiger partial charge is 0.387 e. The molecule has 0 aliphatic carbocycles. The van der Waals surface area contributed by atoms with Crippen LogP contribution in [0.2, 0.25) is 0 Å². The van der Waals surface area contributed by atoms with Gasteiger partial charge in [0.15, 0.2) is 6.10 Å². The number of benzene rings is 1. The molecule has 0 unspecified atom stereocenters. The summed E-state index contributed by atoms with van der Waals surface area (Å²) in [5.74, 6) is 0. The Balaban J connectivity index is 2.00. The second kappa shape index (κ2) is 4.05. The lowest BCUT2D eigenvalue weighted by atomic mass is 10.0. The first-order valence-corrected chi connectivity index (χ1v) is 5.61. The summed E-state index contributed by atoms with van der Waals surface area (Å²) in [6, 6.07) is 8.18. The van der Waals surface area contributed by atoms with E-state index in [9.17, 15) is 0 Å². The Morgan fingerprint density at radius 2 is 2.24 bits per heavy atom. The van der Waals surface area contributed by atoms with Crippen LogP contribution in [0, 0.1) is 0 Å². The van der Waals surface area contributed by atoms with E-state index in [0.29, 0.717) is 0 Å². The maximum absolute atomic E-state index is 5.44. The fraction of sp³-hybridized carbons (Fsp3) is 0.231. The first kappa shape index (κ1) is 10.1. The van der Waals surface area contributed by atoms with Crippen molar-refractivity contribution in [3.05, 3.63) is 48.5 Å². The molecular formula is C13H13N3O. The van der Waals surface area contributed by atoms with Crippen molar-refractivity contribution in [2.75, 3.05) is 0 Å². The molecule has 2 heterocycles. The molecule has 0 amide bonds. The molecule has 3 rings (SSSR count). The number of imidazole rings is 1. The maximum atomic E-state index is 5.44. The lowest BCUT2D eigenvalue weighted by Gasteiger charge is -2.14. The highest BCUT2D eigenvalue weighted by molar-refractivity contribution is 5.83. The summed E-state index contributed by atoms with van der Waals surface area (Å²) in [5, 5.41) is 4.01. The summed E-state index contributed by atoms with van der Waals surface area (Å²) in [5.41, 5.74) is 3.28. The Labute approximate surface area is 99.5 Å². The molecule has 1 aromatic carbocycles. The highest BCUT2D eigenvalue weighted by Crippen LogP contribution is 2.31. The molecule has 0 N–H and O–H groups in total. The molecule has 1 aliphatic rings. The van der Waals surface area contributed by atoms with Crippen molar-refractivity contribution in [1.29, 1.82) is 0 Å². The molecule has 4 heteroatoms. The van der Waals surface area contributed by atoms with Crippen LogP contribution in [-0.2, 0) is 4.84 Å². The summed E-state index contributed by atoms with van der Waals surface area (Å²) in [6.07, 6.45) is 6.37. The molecule has 0 spiro atoms. The van der Waals surface area contributed by atoms with Crippen molar-refractivity contribution in [3.63, 3.8) is 0 Å². The van der Waals surface area contributed by atoms with E-state index in [1.54, 1.807) is 12.5 Å². The maximum Gasteiger partial charge on any atom is 0.159 e. The van der Waals surface area contributed by atoms with Crippen LogP contribution >= 0.6 is 0 Å². The molecule has 0 saturated heterocycles. The van der Waals surface area contributed by atoms with Crippen molar-refractivity contribution in [1.82, 2.24) is 9.55 Å². The Morgan fingerprint density at radius 1 is 1.35 bits per heavy atom. The molecule has 86 valence electrons. The fourth-order valence-corrected chi connectivity index (χ4v) is 2.06. The van der Waals surface area contributed by atoms with Crippen LogP contribution in [-0.4, -0.2) is 15.3 Å². The molecule has 0 radical (unpaired) electrons. The molecule has 1 atom stereocenters. The predicted octanol–water partition coefficient (Wildman–Crippen LogP) is 2.71. The van der Waals surface area contributed by atoms with Gasteiger partial charge >= 0.3 is 0 Å². The number of hydrogen-bond acceptors (Lipinski definition) is 3. The van der Waals surface area contributed by atoms with Crippen molar-refractivity contribution >= 4 is 5.71 Å². The number of hydrogen-bond donors (Lipinski definition) is 0. The van der Waals surface area contributed by atoms with Gasteiger partial charge in [0.25, 0.3) is 0 Å². The van der Waals surface area contributed by atoms with Gasteiger partial charge in [0.05, 0.1) is 17.7 Å². The van der Waals surface area contributed by atoms with E-state index in [1.807, 2.05) is 29.8 Å². The van der Waals surface area contributed by atoms with Crippen LogP contribution in [0.5, 0.6) is 0 Å². The zero-order valence-corrected chi connectivity index (χ0v) is 9.58. The van der Waals surface area contributed by atoms with Gasteiger partial charge in [-0.3, -0.25) is 0 Å². The first-order chi connectivity index (χ1) is 8.34. The van der Waals surface area contributed by atoms with E-state index >= 15 is 0 Å². The van der Waals surface area contributed by atoms with Gasteiger partial charge in [0, 0.05) is 24.4 Å². The summed E-state index contributed by atoms with van der Waals surface area (Å²) in [7, 11) is 0. The minimum atomic E-state index is 0.0219. The summed E-state index contributed by atoms with van der Waals surface area (Å²) < 4.78 is 1.99. The Hall–Kier alpha value is -2.10. The fourth-order valence-electron chi connectivity index (χ4n) is 2.06. The number of para-hydroxylation sites is 1. The molecule has 1 aromatic heterocycles. The van der Waals surface area contributed by atoms with Gasteiger partial charge in [-0.05, 0) is 13.0 Å². The third-order valence-electron chi connectivity index (χ3n) is 2.88. The monoisotopic (exact) mass is 227 g/mol. The smallest absolute Gasteiger partial charge is 0.159 e. The van der Waals surface area contributed by atoms with Gasteiger partial charge in [0.2, 0.25) is 0 Å². The Morgan fingerprint density at radius 3 is 2.94 bits per heavy atom. The van der Waals surface area contributed by atoms with Gasteiger partial charge in [-0.15, -0.1) is 0 Å². The predicted molar refractivity (Wildman–Crippen MR) is 65.1 cm³/mol. The molecule has 2 aromatic rings. The lowest BCUT2D eigenvalue weighted by molar-refractivity contribution is 0.0857. The average molecular weight is 227 g/mol. The standard InChI is InChI=1S/C13H13N3O/c1-10-8-13(17-15-10)11-4-2-3-5-12(11)16-7-6-14-9-16/h2-7,9,13H,8H2,1H3/t13-/m1/s1. The normalized spacial score (nSPS) is 18.9. The van der Waals surface area contributed by atoms with E-state index < -0.39 is 0 Å². The molecule has 0 bridgehead atoms. The molecule has 0 fully saturated rings. The molecule has 0 saturated carbocycles. The number of nitrogens with zero attached hydrogens (tertiary/aromatic N) is 3. The van der Waals surface area contributed by atoms with Crippen molar-refractivity contribution in [2.24, 2.45) is 5.16 Å².